The van der Waals surface area contributed by atoms with E-state index in [-0.39, 0.29) is 0 Å². The number of nitrogens with one attached hydrogen (secondary N) is 1. The maximum atomic E-state index is 5.97. The third kappa shape index (κ3) is 3.49. The standard InChI is InChI=1S/C15H27N3OS/c1-11(2)14-5-7-20-15(17-14)16-8-13-9-18-6-3-4-12(18)10-19-13/h11-14H,3-10H2,1-2H3,(H,16,17). The molecular formula is C15H27N3OS. The van der Waals surface area contributed by atoms with Gasteiger partial charge in [0.2, 0.25) is 0 Å². The van der Waals surface area contributed by atoms with Crippen LogP contribution in [0, 0.1) is 5.92 Å². The molecule has 0 aliphatic carbocycles. The van der Waals surface area contributed by atoms with Gasteiger partial charge in [0.25, 0.3) is 0 Å². The number of ether oxygens (including phenoxy) is 1. The third-order valence-electron chi connectivity index (χ3n) is 4.68. The van der Waals surface area contributed by atoms with Crippen LogP contribution in [0.5, 0.6) is 0 Å². The van der Waals surface area contributed by atoms with E-state index in [1.165, 1.54) is 31.6 Å². The zero-order valence-corrected chi connectivity index (χ0v) is 13.5. The lowest BCUT2D eigenvalue weighted by Gasteiger charge is -2.35. The van der Waals surface area contributed by atoms with Crippen molar-refractivity contribution in [1.82, 2.24) is 10.2 Å². The largest absolute Gasteiger partial charge is 0.373 e. The van der Waals surface area contributed by atoms with Gasteiger partial charge in [-0.25, -0.2) is 0 Å². The molecule has 114 valence electrons. The summed E-state index contributed by atoms with van der Waals surface area (Å²) < 4.78 is 5.97. The molecule has 0 aromatic heterocycles. The van der Waals surface area contributed by atoms with Crippen molar-refractivity contribution >= 4 is 16.9 Å². The van der Waals surface area contributed by atoms with Crippen molar-refractivity contribution in [3.8, 4) is 0 Å². The summed E-state index contributed by atoms with van der Waals surface area (Å²) in [5, 5.41) is 4.71. The molecule has 3 unspecified atom stereocenters. The van der Waals surface area contributed by atoms with E-state index in [1.54, 1.807) is 0 Å². The molecule has 0 radical (unpaired) electrons. The maximum absolute atomic E-state index is 5.97. The van der Waals surface area contributed by atoms with Gasteiger partial charge in [-0.2, -0.15) is 0 Å². The lowest BCUT2D eigenvalue weighted by atomic mass is 10.0. The van der Waals surface area contributed by atoms with Crippen LogP contribution in [0.1, 0.15) is 33.1 Å². The lowest BCUT2D eigenvalue weighted by molar-refractivity contribution is -0.0431. The molecule has 0 spiro atoms. The molecule has 4 nitrogen and oxygen atoms in total. The van der Waals surface area contributed by atoms with Crippen LogP contribution in [0.4, 0.5) is 0 Å². The van der Waals surface area contributed by atoms with Gasteiger partial charge in [-0.3, -0.25) is 9.89 Å². The first-order valence-electron chi connectivity index (χ1n) is 8.02. The van der Waals surface area contributed by atoms with Crippen molar-refractivity contribution in [3.05, 3.63) is 0 Å². The number of hydrogen-bond donors (Lipinski definition) is 1. The lowest BCUT2D eigenvalue weighted by Crippen LogP contribution is -2.47. The fourth-order valence-corrected chi connectivity index (χ4v) is 4.29. The van der Waals surface area contributed by atoms with Crippen molar-refractivity contribution in [1.29, 1.82) is 0 Å². The summed E-state index contributed by atoms with van der Waals surface area (Å²) in [4.78, 5) is 7.36. The Hall–Kier alpha value is -0.260. The van der Waals surface area contributed by atoms with E-state index < -0.39 is 0 Å². The Bertz CT molecular complexity index is 361. The first-order chi connectivity index (χ1) is 9.72. The molecule has 3 aliphatic rings. The number of thioether (sulfide) groups is 1. The molecule has 0 bridgehead atoms. The molecule has 0 saturated carbocycles. The van der Waals surface area contributed by atoms with Crippen molar-refractivity contribution in [2.24, 2.45) is 10.9 Å². The predicted molar refractivity (Wildman–Crippen MR) is 85.5 cm³/mol. The van der Waals surface area contributed by atoms with Gasteiger partial charge < -0.3 is 10.1 Å². The molecule has 20 heavy (non-hydrogen) atoms. The first kappa shape index (κ1) is 14.7. The van der Waals surface area contributed by atoms with E-state index in [9.17, 15) is 0 Å². The van der Waals surface area contributed by atoms with Crippen LogP contribution >= 0.6 is 11.8 Å². The summed E-state index contributed by atoms with van der Waals surface area (Å²) in [7, 11) is 0. The summed E-state index contributed by atoms with van der Waals surface area (Å²) in [6.07, 6.45) is 4.19. The van der Waals surface area contributed by atoms with Gasteiger partial charge in [-0.05, 0) is 31.7 Å². The molecule has 5 heteroatoms. The van der Waals surface area contributed by atoms with Gasteiger partial charge in [-0.15, -0.1) is 0 Å². The van der Waals surface area contributed by atoms with Crippen LogP contribution in [0.2, 0.25) is 0 Å². The van der Waals surface area contributed by atoms with Crippen LogP contribution in [0.25, 0.3) is 0 Å². The van der Waals surface area contributed by atoms with Crippen LogP contribution in [-0.4, -0.2) is 60.2 Å². The zero-order valence-electron chi connectivity index (χ0n) is 12.7. The Balaban J connectivity index is 1.49. The van der Waals surface area contributed by atoms with Crippen LogP contribution in [0.3, 0.4) is 0 Å². The monoisotopic (exact) mass is 297 g/mol. The number of amidine groups is 1. The van der Waals surface area contributed by atoms with Gasteiger partial charge in [0.1, 0.15) is 0 Å². The van der Waals surface area contributed by atoms with Crippen molar-refractivity contribution in [2.75, 3.05) is 32.0 Å². The number of aliphatic imine (C=N–C) groups is 1. The van der Waals surface area contributed by atoms with Gasteiger partial charge in [0, 0.05) is 24.4 Å². The predicted octanol–water partition coefficient (Wildman–Crippen LogP) is 1.96. The second-order valence-corrected chi connectivity index (χ2v) is 7.61. The molecule has 3 fully saturated rings. The van der Waals surface area contributed by atoms with Crippen molar-refractivity contribution in [3.63, 3.8) is 0 Å². The van der Waals surface area contributed by atoms with Crippen LogP contribution in [0.15, 0.2) is 4.99 Å². The van der Waals surface area contributed by atoms with Crippen molar-refractivity contribution < 1.29 is 4.74 Å². The SMILES string of the molecule is CC(C)C1CCSC(=NCC2CN3CCCC3CO2)N1. The Morgan fingerprint density at radius 1 is 1.45 bits per heavy atom. The van der Waals surface area contributed by atoms with E-state index in [2.05, 4.69) is 24.1 Å². The number of fused-ring (bicyclic) bond motifs is 1. The smallest absolute Gasteiger partial charge is 0.156 e. The number of rotatable bonds is 3. The molecule has 3 aliphatic heterocycles. The van der Waals surface area contributed by atoms with E-state index in [0.717, 1.165) is 24.9 Å². The fourth-order valence-electron chi connectivity index (χ4n) is 3.33. The minimum Gasteiger partial charge on any atom is -0.373 e. The molecule has 1 N–H and O–H groups in total. The third-order valence-corrected chi connectivity index (χ3v) is 5.64. The topological polar surface area (TPSA) is 36.9 Å². The van der Waals surface area contributed by atoms with E-state index in [0.29, 0.717) is 24.1 Å². The Morgan fingerprint density at radius 3 is 3.20 bits per heavy atom. The van der Waals surface area contributed by atoms with Gasteiger partial charge in [0.15, 0.2) is 5.17 Å². The number of hydrogen-bond acceptors (Lipinski definition) is 4. The van der Waals surface area contributed by atoms with Crippen LogP contribution in [-0.2, 0) is 4.74 Å². The van der Waals surface area contributed by atoms with Gasteiger partial charge >= 0.3 is 0 Å². The molecule has 0 aromatic rings. The highest BCUT2D eigenvalue weighted by atomic mass is 32.2. The quantitative estimate of drug-likeness (QED) is 0.864. The van der Waals surface area contributed by atoms with Gasteiger partial charge in [0.05, 0.1) is 19.3 Å². The Kier molecular flexibility index (Phi) is 4.89. The number of morpholine rings is 1. The highest BCUT2D eigenvalue weighted by molar-refractivity contribution is 8.13. The Morgan fingerprint density at radius 2 is 2.35 bits per heavy atom. The minimum absolute atomic E-state index is 0.290. The zero-order chi connectivity index (χ0) is 13.9. The second-order valence-electron chi connectivity index (χ2n) is 6.52. The second kappa shape index (κ2) is 6.67. The normalized spacial score (nSPS) is 37.1. The fraction of sp³-hybridized carbons (Fsp3) is 0.933. The summed E-state index contributed by atoms with van der Waals surface area (Å²) in [5.41, 5.74) is 0. The average Bonchev–Trinajstić information content (AvgIpc) is 2.93. The molecule has 3 rings (SSSR count). The summed E-state index contributed by atoms with van der Waals surface area (Å²) in [6.45, 7) is 8.60. The first-order valence-corrected chi connectivity index (χ1v) is 9.00. The van der Waals surface area contributed by atoms with Crippen LogP contribution < -0.4 is 5.32 Å². The summed E-state index contributed by atoms with van der Waals surface area (Å²) in [5.74, 6) is 1.87. The molecule has 0 amide bonds. The summed E-state index contributed by atoms with van der Waals surface area (Å²) >= 11 is 1.86. The Labute approximate surface area is 126 Å². The number of nitrogens with zero attached hydrogens (tertiary/aromatic N) is 2. The van der Waals surface area contributed by atoms with E-state index in [1.807, 2.05) is 11.8 Å². The van der Waals surface area contributed by atoms with Crippen molar-refractivity contribution in [2.45, 2.75) is 51.3 Å². The maximum Gasteiger partial charge on any atom is 0.156 e. The molecular weight excluding hydrogens is 270 g/mol. The average molecular weight is 297 g/mol. The summed E-state index contributed by atoms with van der Waals surface area (Å²) in [6, 6.07) is 1.27. The minimum atomic E-state index is 0.290. The van der Waals surface area contributed by atoms with E-state index in [4.69, 9.17) is 9.73 Å². The molecule has 3 atom stereocenters. The molecule has 0 aromatic carbocycles. The van der Waals surface area contributed by atoms with E-state index >= 15 is 0 Å². The van der Waals surface area contributed by atoms with Gasteiger partial charge in [-0.1, -0.05) is 25.6 Å². The molecule has 3 saturated heterocycles. The highest BCUT2D eigenvalue weighted by Gasteiger charge is 2.32. The highest BCUT2D eigenvalue weighted by Crippen LogP contribution is 2.23. The molecule has 3 heterocycles.